The predicted molar refractivity (Wildman–Crippen MR) is 174 cm³/mol. The summed E-state index contributed by atoms with van der Waals surface area (Å²) in [6.45, 7) is 13.3. The lowest BCUT2D eigenvalue weighted by molar-refractivity contribution is 0.125. The minimum absolute atomic E-state index is 0.0571. The van der Waals surface area contributed by atoms with E-state index in [0.29, 0.717) is 33.1 Å². The molecule has 0 radical (unpaired) electrons. The van der Waals surface area contributed by atoms with Crippen LogP contribution >= 0.6 is 0 Å². The Bertz CT molecular complexity index is 1660. The molecule has 0 aliphatic heterocycles. The van der Waals surface area contributed by atoms with E-state index in [9.17, 15) is 19.6 Å². The van der Waals surface area contributed by atoms with Crippen molar-refractivity contribution in [2.24, 2.45) is 0 Å². The lowest BCUT2D eigenvalue weighted by Crippen LogP contribution is -2.51. The van der Waals surface area contributed by atoms with Gasteiger partial charge in [0.15, 0.2) is 19.8 Å². The Labute approximate surface area is 264 Å². The van der Waals surface area contributed by atoms with Gasteiger partial charge in [0.05, 0.1) is 11.7 Å². The smallest absolute Gasteiger partial charge is 0.407 e. The fourth-order valence-electron chi connectivity index (χ4n) is 6.84. The van der Waals surface area contributed by atoms with Gasteiger partial charge in [0.25, 0.3) is 0 Å². The Morgan fingerprint density at radius 2 is 1.64 bits per heavy atom. The highest BCUT2D eigenvalue weighted by atomic mass is 28.3. The number of aliphatic hydroxyl groups excluding tert-OH is 1. The van der Waals surface area contributed by atoms with E-state index < -0.39 is 32.1 Å². The average Bonchev–Trinajstić information content (AvgIpc) is 3.41. The third-order valence-electron chi connectivity index (χ3n) is 8.61. The van der Waals surface area contributed by atoms with Crippen LogP contribution in [0.3, 0.4) is 0 Å². The van der Waals surface area contributed by atoms with Gasteiger partial charge >= 0.3 is 6.09 Å². The van der Waals surface area contributed by atoms with Crippen molar-refractivity contribution < 1.29 is 28.2 Å². The topological polar surface area (TPSA) is 96.5 Å². The van der Waals surface area contributed by atoms with Crippen LogP contribution < -0.4 is 10.1 Å². The molecule has 3 aromatic carbocycles. The van der Waals surface area contributed by atoms with E-state index in [-0.39, 0.29) is 36.6 Å². The number of nitriles is 1. The number of aromatic nitrogens is 1. The number of amides is 1. The third kappa shape index (κ3) is 7.05. The van der Waals surface area contributed by atoms with Crippen molar-refractivity contribution in [1.82, 2.24) is 9.55 Å². The number of rotatable bonds is 12. The average molecular weight is 634 g/mol. The maximum absolute atomic E-state index is 16.2. The lowest BCUT2D eigenvalue weighted by atomic mass is 10.0. The number of carbonyl (C=O) groups excluding carboxylic acids is 1. The summed E-state index contributed by atoms with van der Waals surface area (Å²) < 4.78 is 43.7. The van der Waals surface area contributed by atoms with Crippen molar-refractivity contribution in [1.29, 1.82) is 5.26 Å². The Hall–Kier alpha value is -4.20. The van der Waals surface area contributed by atoms with Gasteiger partial charge in [-0.15, -0.1) is 0 Å². The summed E-state index contributed by atoms with van der Waals surface area (Å²) in [5.74, 6) is -1.41. The molecule has 10 heteroatoms. The maximum Gasteiger partial charge on any atom is 0.407 e. The number of halogens is 2. The van der Waals surface area contributed by atoms with Gasteiger partial charge in [-0.2, -0.15) is 5.26 Å². The number of hydrogen-bond acceptors (Lipinski definition) is 5. The molecule has 1 atom stereocenters. The van der Waals surface area contributed by atoms with Crippen LogP contribution in [0.1, 0.15) is 58.2 Å². The monoisotopic (exact) mass is 633 g/mol. The molecule has 0 saturated carbocycles. The minimum Gasteiger partial charge on any atom is -0.454 e. The molecule has 1 heterocycles. The number of carbonyl (C=O) groups is 1. The van der Waals surface area contributed by atoms with E-state index in [4.69, 9.17) is 9.47 Å². The number of nitrogens with zero attached hydrogens (tertiary/aromatic N) is 2. The van der Waals surface area contributed by atoms with Crippen LogP contribution in [0.15, 0.2) is 66.9 Å². The zero-order valence-electron chi connectivity index (χ0n) is 26.6. The van der Waals surface area contributed by atoms with Crippen LogP contribution in [0.5, 0.6) is 11.5 Å². The van der Waals surface area contributed by atoms with Crippen molar-refractivity contribution in [2.75, 3.05) is 6.54 Å². The van der Waals surface area contributed by atoms with Crippen LogP contribution in [0, 0.1) is 23.0 Å². The second kappa shape index (κ2) is 14.3. The van der Waals surface area contributed by atoms with Crippen molar-refractivity contribution in [2.45, 2.75) is 77.3 Å². The number of alkyl carbamates (subject to hydrolysis) is 1. The number of aliphatic hydroxyl groups is 1. The van der Waals surface area contributed by atoms with Crippen molar-refractivity contribution in [3.05, 3.63) is 95.2 Å². The second-order valence-electron chi connectivity index (χ2n) is 12.3. The Morgan fingerprint density at radius 1 is 0.978 bits per heavy atom. The maximum atomic E-state index is 16.2. The molecular formula is C35H41F2N3O4Si. The summed E-state index contributed by atoms with van der Waals surface area (Å²) in [4.78, 5) is 12.4. The molecule has 7 nitrogen and oxygen atoms in total. The van der Waals surface area contributed by atoms with Gasteiger partial charge in [0.2, 0.25) is 0 Å². The standard InChI is InChI=1S/C35H41F2N3O4Si/c1-22(2)45(23(3)4,24(5)6)40-15-14-29-30(17-27(41)20-39-35(42)43-21-25-10-8-7-9-11-25)34(32(37)18-33(29)40)44-28-12-13-31(36)26(16-28)19-38/h7-16,18,22-24,27,41H,17,20-21H2,1-6H3,(H,39,42). The minimum atomic E-state index is -2.28. The molecule has 0 saturated heterocycles. The third-order valence-corrected chi connectivity index (χ3v) is 15.4. The summed E-state index contributed by atoms with van der Waals surface area (Å²) in [5, 5.41) is 23.7. The first-order valence-electron chi connectivity index (χ1n) is 15.2. The van der Waals surface area contributed by atoms with Gasteiger partial charge in [-0.05, 0) is 46.6 Å². The van der Waals surface area contributed by atoms with Crippen molar-refractivity contribution in [3.63, 3.8) is 0 Å². The van der Waals surface area contributed by atoms with Crippen LogP contribution in [-0.2, 0) is 17.8 Å². The Morgan fingerprint density at radius 3 is 2.27 bits per heavy atom. The first-order chi connectivity index (χ1) is 21.4. The molecule has 0 bridgehead atoms. The zero-order valence-corrected chi connectivity index (χ0v) is 27.6. The Balaban J connectivity index is 1.72. The highest BCUT2D eigenvalue weighted by Crippen LogP contribution is 2.46. The molecule has 1 unspecified atom stereocenters. The van der Waals surface area contributed by atoms with Gasteiger partial charge < -0.3 is 24.1 Å². The largest absolute Gasteiger partial charge is 0.454 e. The molecule has 0 fully saturated rings. The summed E-state index contributed by atoms with van der Waals surface area (Å²) >= 11 is 0. The highest BCUT2D eigenvalue weighted by molar-refractivity contribution is 6.82. The molecule has 1 aromatic heterocycles. The number of nitrogens with one attached hydrogen (secondary N) is 1. The zero-order chi connectivity index (χ0) is 32.9. The number of ether oxygens (including phenoxy) is 2. The molecule has 0 spiro atoms. The van der Waals surface area contributed by atoms with E-state index in [1.807, 2.05) is 42.6 Å². The quantitative estimate of drug-likeness (QED) is 0.153. The van der Waals surface area contributed by atoms with Crippen LogP contribution in [0.4, 0.5) is 13.6 Å². The summed E-state index contributed by atoms with van der Waals surface area (Å²) in [6, 6.07) is 18.0. The van der Waals surface area contributed by atoms with E-state index in [2.05, 4.69) is 51.1 Å². The first-order valence-corrected chi connectivity index (χ1v) is 17.4. The molecule has 45 heavy (non-hydrogen) atoms. The van der Waals surface area contributed by atoms with Gasteiger partial charge in [-0.1, -0.05) is 71.9 Å². The molecule has 238 valence electrons. The van der Waals surface area contributed by atoms with E-state index in [0.717, 1.165) is 11.6 Å². The molecular weight excluding hydrogens is 592 g/mol. The van der Waals surface area contributed by atoms with Crippen LogP contribution in [0.25, 0.3) is 10.9 Å². The molecule has 0 aliphatic rings. The fourth-order valence-corrected chi connectivity index (χ4v) is 13.4. The predicted octanol–water partition coefficient (Wildman–Crippen LogP) is 8.44. The van der Waals surface area contributed by atoms with E-state index in [1.165, 1.54) is 18.2 Å². The van der Waals surface area contributed by atoms with Crippen LogP contribution in [-0.4, -0.2) is 36.3 Å². The van der Waals surface area contributed by atoms with Gasteiger partial charge in [-0.3, -0.25) is 0 Å². The molecule has 2 N–H and O–H groups in total. The summed E-state index contributed by atoms with van der Waals surface area (Å²) in [7, 11) is -2.28. The first kappa shape index (κ1) is 33.7. The molecule has 4 aromatic rings. The SMILES string of the molecule is CC(C)[Si](C(C)C)(C(C)C)n1ccc2c(CC(O)CNC(=O)OCc3ccccc3)c(Oc3ccc(F)c(C#N)c3)c(F)cc21. The molecule has 4 rings (SSSR count). The highest BCUT2D eigenvalue weighted by Gasteiger charge is 2.46. The van der Waals surface area contributed by atoms with Crippen LogP contribution in [0.2, 0.25) is 16.6 Å². The normalized spacial score (nSPS) is 12.5. The van der Waals surface area contributed by atoms with E-state index >= 15 is 4.39 Å². The Kier molecular flexibility index (Phi) is 10.7. The lowest BCUT2D eigenvalue weighted by Gasteiger charge is -2.44. The number of fused-ring (bicyclic) bond motifs is 1. The summed E-state index contributed by atoms with van der Waals surface area (Å²) in [5.41, 5.74) is 2.73. The number of hydrogen-bond donors (Lipinski definition) is 2. The van der Waals surface area contributed by atoms with Gasteiger partial charge in [0, 0.05) is 41.6 Å². The second-order valence-corrected chi connectivity index (χ2v) is 18.0. The van der Waals surface area contributed by atoms with Crippen molar-refractivity contribution >= 4 is 25.2 Å². The number of benzene rings is 3. The summed E-state index contributed by atoms with van der Waals surface area (Å²) in [6.07, 6.45) is 0.149. The van der Waals surface area contributed by atoms with E-state index in [1.54, 1.807) is 6.07 Å². The van der Waals surface area contributed by atoms with Gasteiger partial charge in [-0.25, -0.2) is 13.6 Å². The fraction of sp³-hybridized carbons (Fsp3) is 0.371. The molecule has 0 aliphatic carbocycles. The van der Waals surface area contributed by atoms with Gasteiger partial charge in [0.1, 0.15) is 24.2 Å². The molecule has 1 amide bonds. The van der Waals surface area contributed by atoms with Crippen molar-refractivity contribution in [3.8, 4) is 17.6 Å².